The molecule has 0 fully saturated rings. The number of nitrogens with zero attached hydrogens (tertiary/aromatic N) is 5. The van der Waals surface area contributed by atoms with E-state index in [1.807, 2.05) is 0 Å². The molecule has 0 amide bonds. The first-order chi connectivity index (χ1) is 11.3. The number of fused-ring (bicyclic) bond motifs is 1. The van der Waals surface area contributed by atoms with Crippen LogP contribution in [0.1, 0.15) is 11.5 Å². The maximum absolute atomic E-state index is 12.5. The van der Waals surface area contributed by atoms with Crippen molar-refractivity contribution in [3.63, 3.8) is 0 Å². The second kappa shape index (κ2) is 6.36. The molecule has 3 aromatic rings. The lowest BCUT2D eigenvalue weighted by atomic mass is 10.3. The molecule has 0 bridgehead atoms. The minimum absolute atomic E-state index is 0.178. The van der Waals surface area contributed by atoms with Gasteiger partial charge in [-0.3, -0.25) is 14.1 Å². The van der Waals surface area contributed by atoms with Crippen molar-refractivity contribution in [3.8, 4) is 0 Å². The third-order valence-electron chi connectivity index (χ3n) is 3.35. The highest BCUT2D eigenvalue weighted by Crippen LogP contribution is 2.19. The standard InChI is InChI=1S/C14H14F3N5OS/c1-20(8-11-18-2-3-21(11)9-14(15,16)17)7-10-6-12(23)22-4-5-24-13(22)19-10/h2-6H,7-9H2,1H3. The molecule has 0 unspecified atom stereocenters. The quantitative estimate of drug-likeness (QED) is 0.702. The molecule has 6 nitrogen and oxygen atoms in total. The predicted octanol–water partition coefficient (Wildman–Crippen LogP) is 2.15. The highest BCUT2D eigenvalue weighted by atomic mass is 32.1. The van der Waals surface area contributed by atoms with Crippen LogP contribution in [0.4, 0.5) is 13.2 Å². The molecule has 3 heterocycles. The Labute approximate surface area is 138 Å². The highest BCUT2D eigenvalue weighted by Gasteiger charge is 2.28. The topological polar surface area (TPSA) is 55.4 Å². The molecule has 0 aliphatic carbocycles. The smallest absolute Gasteiger partial charge is 0.325 e. The van der Waals surface area contributed by atoms with Gasteiger partial charge in [-0.2, -0.15) is 13.2 Å². The molecule has 0 aliphatic heterocycles. The van der Waals surface area contributed by atoms with Crippen LogP contribution in [0, 0.1) is 0 Å². The van der Waals surface area contributed by atoms with E-state index in [2.05, 4.69) is 9.97 Å². The van der Waals surface area contributed by atoms with E-state index in [1.165, 1.54) is 34.2 Å². The summed E-state index contributed by atoms with van der Waals surface area (Å²) in [5.41, 5.74) is 0.391. The molecule has 0 saturated heterocycles. The molecule has 0 aromatic carbocycles. The van der Waals surface area contributed by atoms with Gasteiger partial charge in [-0.05, 0) is 7.05 Å². The molecule has 0 aliphatic rings. The van der Waals surface area contributed by atoms with Gasteiger partial charge in [-0.15, -0.1) is 11.3 Å². The van der Waals surface area contributed by atoms with E-state index < -0.39 is 12.7 Å². The van der Waals surface area contributed by atoms with E-state index in [0.717, 1.165) is 4.57 Å². The van der Waals surface area contributed by atoms with Gasteiger partial charge in [0.05, 0.1) is 12.2 Å². The van der Waals surface area contributed by atoms with Crippen LogP contribution in [0.15, 0.2) is 34.8 Å². The zero-order valence-electron chi connectivity index (χ0n) is 12.7. The van der Waals surface area contributed by atoms with Gasteiger partial charge in [0.1, 0.15) is 12.4 Å². The molecule has 0 radical (unpaired) electrons. The van der Waals surface area contributed by atoms with E-state index in [0.29, 0.717) is 23.0 Å². The Balaban J connectivity index is 1.72. The summed E-state index contributed by atoms with van der Waals surface area (Å²) in [6.07, 6.45) is 0.00149. The fraction of sp³-hybridized carbons (Fsp3) is 0.357. The van der Waals surface area contributed by atoms with Crippen molar-refractivity contribution in [1.82, 2.24) is 23.8 Å². The molecule has 3 aromatic heterocycles. The lowest BCUT2D eigenvalue weighted by Gasteiger charge is -2.17. The minimum atomic E-state index is -4.30. The normalized spacial score (nSPS) is 12.4. The number of rotatable bonds is 5. The van der Waals surface area contributed by atoms with Gasteiger partial charge in [0.25, 0.3) is 5.56 Å². The van der Waals surface area contributed by atoms with Crippen LogP contribution in [0.25, 0.3) is 4.96 Å². The minimum Gasteiger partial charge on any atom is -0.325 e. The molecular formula is C14H14F3N5OS. The summed E-state index contributed by atoms with van der Waals surface area (Å²) in [6.45, 7) is -0.520. The fourth-order valence-corrected chi connectivity index (χ4v) is 3.11. The lowest BCUT2D eigenvalue weighted by Crippen LogP contribution is -2.25. The van der Waals surface area contributed by atoms with Crippen molar-refractivity contribution in [3.05, 3.63) is 51.9 Å². The van der Waals surface area contributed by atoms with Gasteiger partial charge >= 0.3 is 6.18 Å². The third-order valence-corrected chi connectivity index (χ3v) is 4.11. The Morgan fingerprint density at radius 2 is 2.08 bits per heavy atom. The van der Waals surface area contributed by atoms with Crippen LogP contribution < -0.4 is 5.56 Å². The number of imidazole rings is 1. The van der Waals surface area contributed by atoms with E-state index in [9.17, 15) is 18.0 Å². The van der Waals surface area contributed by atoms with Gasteiger partial charge in [0.15, 0.2) is 4.96 Å². The van der Waals surface area contributed by atoms with E-state index in [4.69, 9.17) is 0 Å². The second-order valence-corrected chi connectivity index (χ2v) is 6.27. The monoisotopic (exact) mass is 357 g/mol. The van der Waals surface area contributed by atoms with Gasteiger partial charge in [0.2, 0.25) is 0 Å². The van der Waals surface area contributed by atoms with Gasteiger partial charge < -0.3 is 4.57 Å². The molecule has 0 saturated carbocycles. The maximum Gasteiger partial charge on any atom is 0.406 e. The van der Waals surface area contributed by atoms with Crippen LogP contribution in [0.2, 0.25) is 0 Å². The molecule has 3 rings (SSSR count). The largest absolute Gasteiger partial charge is 0.406 e. The summed E-state index contributed by atoms with van der Waals surface area (Å²) in [7, 11) is 1.74. The molecule has 0 N–H and O–H groups in total. The van der Waals surface area contributed by atoms with Crippen molar-refractivity contribution in [2.75, 3.05) is 7.05 Å². The average molecular weight is 357 g/mol. The maximum atomic E-state index is 12.5. The van der Waals surface area contributed by atoms with Crippen LogP contribution in [0.3, 0.4) is 0 Å². The summed E-state index contributed by atoms with van der Waals surface area (Å²) < 4.78 is 40.1. The second-order valence-electron chi connectivity index (χ2n) is 5.40. The number of thiazole rings is 1. The number of halogens is 3. The molecule has 24 heavy (non-hydrogen) atoms. The SMILES string of the molecule is CN(Cc1cc(=O)n2ccsc2n1)Cc1nccn1CC(F)(F)F. The summed E-state index contributed by atoms with van der Waals surface area (Å²) in [5.74, 6) is 0.309. The van der Waals surface area contributed by atoms with Gasteiger partial charge in [0, 0.05) is 36.6 Å². The van der Waals surface area contributed by atoms with Crippen LogP contribution in [-0.2, 0) is 19.6 Å². The first-order valence-electron chi connectivity index (χ1n) is 7.03. The lowest BCUT2D eigenvalue weighted by molar-refractivity contribution is -0.141. The summed E-state index contributed by atoms with van der Waals surface area (Å²) in [6, 6.07) is 1.43. The van der Waals surface area contributed by atoms with Crippen LogP contribution in [0.5, 0.6) is 0 Å². The number of hydrogen-bond acceptors (Lipinski definition) is 5. The Bertz CT molecular complexity index is 898. The molecular weight excluding hydrogens is 343 g/mol. The van der Waals surface area contributed by atoms with Crippen molar-refractivity contribution >= 4 is 16.3 Å². The van der Waals surface area contributed by atoms with E-state index in [-0.39, 0.29) is 12.1 Å². The van der Waals surface area contributed by atoms with Crippen molar-refractivity contribution < 1.29 is 13.2 Å². The number of alkyl halides is 3. The summed E-state index contributed by atoms with van der Waals surface area (Å²) in [4.78, 5) is 22.7. The van der Waals surface area contributed by atoms with Crippen LogP contribution >= 0.6 is 11.3 Å². The summed E-state index contributed by atoms with van der Waals surface area (Å²) in [5, 5.41) is 1.77. The number of hydrogen-bond donors (Lipinski definition) is 0. The number of aromatic nitrogens is 4. The molecule has 10 heteroatoms. The van der Waals surface area contributed by atoms with Crippen molar-refractivity contribution in [2.45, 2.75) is 25.8 Å². The van der Waals surface area contributed by atoms with E-state index in [1.54, 1.807) is 23.5 Å². The highest BCUT2D eigenvalue weighted by molar-refractivity contribution is 7.15. The Morgan fingerprint density at radius 3 is 2.83 bits per heavy atom. The van der Waals surface area contributed by atoms with E-state index >= 15 is 0 Å². The molecule has 128 valence electrons. The average Bonchev–Trinajstić information content (AvgIpc) is 3.07. The van der Waals surface area contributed by atoms with Gasteiger partial charge in [-0.1, -0.05) is 0 Å². The van der Waals surface area contributed by atoms with Crippen molar-refractivity contribution in [2.24, 2.45) is 0 Å². The predicted molar refractivity (Wildman–Crippen MR) is 82.8 cm³/mol. The Morgan fingerprint density at radius 1 is 1.29 bits per heavy atom. The first-order valence-corrected chi connectivity index (χ1v) is 7.91. The molecule has 0 spiro atoms. The summed E-state index contributed by atoms with van der Waals surface area (Å²) >= 11 is 1.35. The Hall–Kier alpha value is -2.20. The fourth-order valence-electron chi connectivity index (χ4n) is 2.37. The zero-order valence-corrected chi connectivity index (χ0v) is 13.5. The third kappa shape index (κ3) is 3.82. The zero-order chi connectivity index (χ0) is 17.3. The van der Waals surface area contributed by atoms with Gasteiger partial charge in [-0.25, -0.2) is 9.97 Å². The van der Waals surface area contributed by atoms with Crippen LogP contribution in [-0.4, -0.2) is 37.1 Å². The molecule has 0 atom stereocenters. The Kier molecular flexibility index (Phi) is 4.41. The first kappa shape index (κ1) is 16.7. The van der Waals surface area contributed by atoms with Crippen molar-refractivity contribution in [1.29, 1.82) is 0 Å².